The van der Waals surface area contributed by atoms with Crippen molar-refractivity contribution in [2.45, 2.75) is 31.3 Å². The number of rotatable bonds is 6. The van der Waals surface area contributed by atoms with E-state index in [1.807, 2.05) is 39.0 Å². The molecule has 0 amide bonds. The largest absolute Gasteiger partial charge is 0.501 e. The van der Waals surface area contributed by atoms with Crippen LogP contribution < -0.4 is 0 Å². The van der Waals surface area contributed by atoms with Gasteiger partial charge in [0, 0.05) is 10.6 Å². The summed E-state index contributed by atoms with van der Waals surface area (Å²) in [5.41, 5.74) is 0.113. The molecule has 0 fully saturated rings. The Balaban J connectivity index is 2.72. The van der Waals surface area contributed by atoms with E-state index in [-0.39, 0.29) is 5.97 Å². The van der Waals surface area contributed by atoms with Crippen LogP contribution in [0.25, 0.3) is 0 Å². The quantitative estimate of drug-likeness (QED) is 0.343. The molecule has 0 saturated carbocycles. The Morgan fingerprint density at radius 1 is 1.37 bits per heavy atom. The summed E-state index contributed by atoms with van der Waals surface area (Å²) in [6, 6.07) is 7.44. The van der Waals surface area contributed by atoms with Gasteiger partial charge in [-0.2, -0.15) is 0 Å². The molecule has 1 aromatic rings. The minimum Gasteiger partial charge on any atom is -0.501 e. The fourth-order valence-corrected chi connectivity index (χ4v) is 2.26. The van der Waals surface area contributed by atoms with Gasteiger partial charge in [0.1, 0.15) is 5.60 Å². The first-order valence-electron chi connectivity index (χ1n) is 6.12. The predicted molar refractivity (Wildman–Crippen MR) is 78.5 cm³/mol. The van der Waals surface area contributed by atoms with Gasteiger partial charge in [0.05, 0.1) is 18.4 Å². The molecule has 0 heterocycles. The lowest BCUT2D eigenvalue weighted by Crippen LogP contribution is -2.24. The van der Waals surface area contributed by atoms with Crippen molar-refractivity contribution < 1.29 is 14.3 Å². The molecule has 0 unspecified atom stereocenters. The lowest BCUT2D eigenvalue weighted by atomic mass is 10.1. The minimum atomic E-state index is -0.485. The molecule has 0 radical (unpaired) electrons. The highest BCUT2D eigenvalue weighted by Crippen LogP contribution is 2.24. The van der Waals surface area contributed by atoms with Crippen LogP contribution in [0.1, 0.15) is 31.1 Å². The summed E-state index contributed by atoms with van der Waals surface area (Å²) < 4.78 is 10.5. The van der Waals surface area contributed by atoms with Crippen LogP contribution in [0.4, 0.5) is 0 Å². The number of carbonyl (C=O) groups is 1. The molecule has 1 rings (SSSR count). The molecule has 0 spiro atoms. The lowest BCUT2D eigenvalue weighted by molar-refractivity contribution is 0.00656. The van der Waals surface area contributed by atoms with Crippen LogP contribution >= 0.6 is 11.8 Å². The van der Waals surface area contributed by atoms with E-state index in [4.69, 9.17) is 9.47 Å². The summed E-state index contributed by atoms with van der Waals surface area (Å²) in [6.45, 7) is 9.63. The Hall–Kier alpha value is -1.42. The van der Waals surface area contributed by atoms with Gasteiger partial charge in [0.15, 0.2) is 0 Å². The molecule has 104 valence electrons. The first-order valence-corrected chi connectivity index (χ1v) is 7.10. The highest BCUT2D eigenvalue weighted by atomic mass is 32.2. The minimum absolute atomic E-state index is 0.291. The van der Waals surface area contributed by atoms with Crippen LogP contribution in [0.15, 0.2) is 42.0 Å². The first-order chi connectivity index (χ1) is 8.94. The average Bonchev–Trinajstić information content (AvgIpc) is 2.33. The third-order valence-electron chi connectivity index (χ3n) is 2.08. The standard InChI is InChI=1S/C15H20O3S/c1-5-17-10-11-19-13-9-7-6-8-12(13)14(16)18-15(2,3)4/h5-9H,1,10-11H2,2-4H3. The van der Waals surface area contributed by atoms with Crippen LogP contribution in [0, 0.1) is 0 Å². The summed E-state index contributed by atoms with van der Waals surface area (Å²) in [4.78, 5) is 13.0. The molecule has 4 heteroatoms. The molecule has 0 saturated heterocycles. The Labute approximate surface area is 119 Å². The number of carbonyl (C=O) groups excluding carboxylic acids is 1. The van der Waals surface area contributed by atoms with Crippen molar-refractivity contribution in [3.8, 4) is 0 Å². The second-order valence-corrected chi connectivity index (χ2v) is 6.02. The van der Waals surface area contributed by atoms with Crippen molar-refractivity contribution in [3.05, 3.63) is 42.7 Å². The van der Waals surface area contributed by atoms with E-state index in [1.165, 1.54) is 6.26 Å². The van der Waals surface area contributed by atoms with Gasteiger partial charge in [-0.25, -0.2) is 4.79 Å². The summed E-state index contributed by atoms with van der Waals surface area (Å²) in [5.74, 6) is 0.464. The maximum Gasteiger partial charge on any atom is 0.339 e. The monoisotopic (exact) mass is 280 g/mol. The first kappa shape index (κ1) is 15.6. The highest BCUT2D eigenvalue weighted by Gasteiger charge is 2.20. The molecular formula is C15H20O3S. The molecule has 1 aromatic carbocycles. The van der Waals surface area contributed by atoms with Crippen molar-refractivity contribution in [3.63, 3.8) is 0 Å². The van der Waals surface area contributed by atoms with Crippen LogP contribution in [-0.2, 0) is 9.47 Å². The molecule has 0 N–H and O–H groups in total. The van der Waals surface area contributed by atoms with E-state index in [2.05, 4.69) is 6.58 Å². The molecule has 0 aromatic heterocycles. The summed E-state index contributed by atoms with van der Waals surface area (Å²) >= 11 is 1.57. The van der Waals surface area contributed by atoms with E-state index in [0.717, 1.165) is 10.6 Å². The van der Waals surface area contributed by atoms with Gasteiger partial charge >= 0.3 is 5.97 Å². The molecule has 0 aliphatic carbocycles. The molecule has 0 aliphatic heterocycles. The van der Waals surface area contributed by atoms with Crippen molar-refractivity contribution >= 4 is 17.7 Å². The zero-order chi connectivity index (χ0) is 14.3. The van der Waals surface area contributed by atoms with Crippen molar-refractivity contribution in [2.24, 2.45) is 0 Å². The van der Waals surface area contributed by atoms with Crippen LogP contribution in [0.5, 0.6) is 0 Å². The van der Waals surface area contributed by atoms with E-state index < -0.39 is 5.60 Å². The highest BCUT2D eigenvalue weighted by molar-refractivity contribution is 7.99. The Morgan fingerprint density at radius 2 is 2.05 bits per heavy atom. The van der Waals surface area contributed by atoms with Gasteiger partial charge in [-0.3, -0.25) is 0 Å². The molecule has 3 nitrogen and oxygen atoms in total. The fourth-order valence-electron chi connectivity index (χ4n) is 1.38. The maximum absolute atomic E-state index is 12.1. The van der Waals surface area contributed by atoms with E-state index in [1.54, 1.807) is 17.8 Å². The van der Waals surface area contributed by atoms with Gasteiger partial charge in [0.2, 0.25) is 0 Å². The van der Waals surface area contributed by atoms with Crippen molar-refractivity contribution in [2.75, 3.05) is 12.4 Å². The SMILES string of the molecule is C=COCCSc1ccccc1C(=O)OC(C)(C)C. The van der Waals surface area contributed by atoms with E-state index in [0.29, 0.717) is 12.2 Å². The summed E-state index contributed by atoms with van der Waals surface area (Å²) in [7, 11) is 0. The van der Waals surface area contributed by atoms with Crippen LogP contribution in [0.2, 0.25) is 0 Å². The van der Waals surface area contributed by atoms with Crippen LogP contribution in [-0.4, -0.2) is 23.9 Å². The van der Waals surface area contributed by atoms with Gasteiger partial charge in [-0.1, -0.05) is 18.7 Å². The van der Waals surface area contributed by atoms with Gasteiger partial charge < -0.3 is 9.47 Å². The number of esters is 1. The zero-order valence-corrected chi connectivity index (χ0v) is 12.5. The topological polar surface area (TPSA) is 35.5 Å². The van der Waals surface area contributed by atoms with Gasteiger partial charge in [0.25, 0.3) is 0 Å². The van der Waals surface area contributed by atoms with Gasteiger partial charge in [-0.15, -0.1) is 11.8 Å². The zero-order valence-electron chi connectivity index (χ0n) is 11.6. The second kappa shape index (κ2) is 7.24. The van der Waals surface area contributed by atoms with Gasteiger partial charge in [-0.05, 0) is 32.9 Å². The number of hydrogen-bond acceptors (Lipinski definition) is 4. The third kappa shape index (κ3) is 5.83. The summed E-state index contributed by atoms with van der Waals surface area (Å²) in [5, 5.41) is 0. The van der Waals surface area contributed by atoms with Crippen LogP contribution in [0.3, 0.4) is 0 Å². The molecule has 0 atom stereocenters. The third-order valence-corrected chi connectivity index (χ3v) is 3.12. The number of thioether (sulfide) groups is 1. The number of hydrogen-bond donors (Lipinski definition) is 0. The molecular weight excluding hydrogens is 260 g/mol. The molecule has 0 aliphatic rings. The number of ether oxygens (including phenoxy) is 2. The van der Waals surface area contributed by atoms with E-state index in [9.17, 15) is 4.79 Å². The second-order valence-electron chi connectivity index (χ2n) is 4.88. The van der Waals surface area contributed by atoms with Crippen molar-refractivity contribution in [1.82, 2.24) is 0 Å². The lowest BCUT2D eigenvalue weighted by Gasteiger charge is -2.20. The van der Waals surface area contributed by atoms with Crippen molar-refractivity contribution in [1.29, 1.82) is 0 Å². The molecule has 19 heavy (non-hydrogen) atoms. The van der Waals surface area contributed by atoms with E-state index >= 15 is 0 Å². The number of benzene rings is 1. The summed E-state index contributed by atoms with van der Waals surface area (Å²) in [6.07, 6.45) is 1.42. The predicted octanol–water partition coefficient (Wildman–Crippen LogP) is 3.89. The Morgan fingerprint density at radius 3 is 2.68 bits per heavy atom. The average molecular weight is 280 g/mol. The molecule has 0 bridgehead atoms. The maximum atomic E-state index is 12.1. The smallest absolute Gasteiger partial charge is 0.339 e. The fraction of sp³-hybridized carbons (Fsp3) is 0.400. The Bertz CT molecular complexity index is 435. The normalized spacial score (nSPS) is 10.9. The Kier molecular flexibility index (Phi) is 5.96.